The predicted molar refractivity (Wildman–Crippen MR) is 148 cm³/mol. The summed E-state index contributed by atoms with van der Waals surface area (Å²) in [7, 11) is -1.37. The number of hydrogen-bond donors (Lipinski definition) is 0. The Morgan fingerprint density at radius 2 is 1.48 bits per heavy atom. The Hall–Kier alpha value is 1.96. The summed E-state index contributed by atoms with van der Waals surface area (Å²) in [5.74, 6) is -0.340. The molecule has 3 fully saturated rings. The molecule has 0 saturated carbocycles. The van der Waals surface area contributed by atoms with Crippen LogP contribution in [0, 0.1) is 0 Å². The first-order valence-corrected chi connectivity index (χ1v) is 27.0. The van der Waals surface area contributed by atoms with Gasteiger partial charge in [-0.15, -0.1) is 33.2 Å². The normalized spacial score (nSPS) is 19.4. The number of rotatable bonds is 5. The van der Waals surface area contributed by atoms with Crippen LogP contribution in [0.25, 0.3) is 0 Å². The topological polar surface area (TPSA) is 44.8 Å². The number of benzene rings is 1. The van der Waals surface area contributed by atoms with Crippen molar-refractivity contribution in [1.29, 1.82) is 0 Å². The molecule has 12 heteroatoms. The SMILES string of the molecule is C1CCOC1.Cl[Si]1(Cl)CCC1.O=C(CO[Si]1(Cl)CCC1)OCc1ccccc1.[I][V][I]. The summed E-state index contributed by atoms with van der Waals surface area (Å²) < 4.78 is 15.5. The fourth-order valence-corrected chi connectivity index (χ4v) is 7.55. The minimum absolute atomic E-state index is 0.0114. The Balaban J connectivity index is 0.000000277. The van der Waals surface area contributed by atoms with Crippen LogP contribution < -0.4 is 0 Å². The average molecular weight is 789 g/mol. The van der Waals surface area contributed by atoms with E-state index in [4.69, 9.17) is 47.1 Å². The van der Waals surface area contributed by atoms with Crippen LogP contribution >= 0.6 is 73.2 Å². The van der Waals surface area contributed by atoms with Gasteiger partial charge in [-0.2, -0.15) is 0 Å². The summed E-state index contributed by atoms with van der Waals surface area (Å²) >= 11 is 22.3. The summed E-state index contributed by atoms with van der Waals surface area (Å²) in [4.78, 5) is 11.4. The van der Waals surface area contributed by atoms with E-state index in [0.717, 1.165) is 49.4 Å². The van der Waals surface area contributed by atoms with Crippen molar-refractivity contribution < 1.29 is 28.2 Å². The molecule has 0 unspecified atom stereocenters. The van der Waals surface area contributed by atoms with Gasteiger partial charge in [-0.25, -0.2) is 4.79 Å². The van der Waals surface area contributed by atoms with Crippen molar-refractivity contribution in [3.05, 3.63) is 35.9 Å². The van der Waals surface area contributed by atoms with Crippen molar-refractivity contribution in [1.82, 2.24) is 0 Å². The first-order chi connectivity index (χ1) is 14.8. The third-order valence-corrected chi connectivity index (χ3v) is 13.5. The van der Waals surface area contributed by atoms with Crippen LogP contribution in [0.5, 0.6) is 0 Å². The molecule has 1 aromatic rings. The molecule has 0 spiro atoms. The van der Waals surface area contributed by atoms with Gasteiger partial charge in [0.1, 0.15) is 13.2 Å². The number of hydrogen-bond acceptors (Lipinski definition) is 4. The molecule has 0 amide bonds. The second-order valence-corrected chi connectivity index (χ2v) is 31.8. The maximum atomic E-state index is 11.4. The summed E-state index contributed by atoms with van der Waals surface area (Å²) in [5, 5.41) is 0. The van der Waals surface area contributed by atoms with Gasteiger partial charge in [0.25, 0.3) is 14.3 Å². The number of carbonyl (C=O) groups excluding carboxylic acids is 1. The van der Waals surface area contributed by atoms with Gasteiger partial charge in [0.05, 0.1) is 0 Å². The van der Waals surface area contributed by atoms with Crippen LogP contribution in [0.15, 0.2) is 30.3 Å². The number of carbonyl (C=O) groups is 1. The van der Waals surface area contributed by atoms with Crippen molar-refractivity contribution in [2.45, 2.75) is 56.5 Å². The monoisotopic (exact) mass is 787 g/mol. The zero-order valence-electron chi connectivity index (χ0n) is 17.3. The van der Waals surface area contributed by atoms with Crippen LogP contribution in [0.2, 0.25) is 24.2 Å². The Kier molecular flexibility index (Phi) is 18.3. The van der Waals surface area contributed by atoms with E-state index in [9.17, 15) is 4.79 Å². The molecule has 3 heterocycles. The fourth-order valence-electron chi connectivity index (χ4n) is 2.52. The van der Waals surface area contributed by atoms with E-state index in [1.165, 1.54) is 19.3 Å². The summed E-state index contributed by atoms with van der Waals surface area (Å²) in [6, 6.07) is 13.7. The van der Waals surface area contributed by atoms with Crippen LogP contribution in [-0.4, -0.2) is 40.1 Å². The van der Waals surface area contributed by atoms with Crippen LogP contribution in [0.1, 0.15) is 31.2 Å². The average Bonchev–Trinajstić information content (AvgIpc) is 3.30. The number of halogens is 5. The first kappa shape index (κ1) is 31.0. The van der Waals surface area contributed by atoms with Crippen LogP contribution in [0.4, 0.5) is 0 Å². The molecule has 3 saturated heterocycles. The molecule has 3 aliphatic heterocycles. The zero-order valence-corrected chi connectivity index (χ0v) is 27.3. The van der Waals surface area contributed by atoms with Crippen molar-refractivity contribution in [2.24, 2.45) is 0 Å². The molecular weight excluding hydrogens is 759 g/mol. The molecule has 3 aliphatic rings. The van der Waals surface area contributed by atoms with Gasteiger partial charge >= 0.3 is 55.4 Å². The molecule has 0 radical (unpaired) electrons. The van der Waals surface area contributed by atoms with Crippen molar-refractivity contribution in [3.8, 4) is 0 Å². The van der Waals surface area contributed by atoms with Gasteiger partial charge in [-0.1, -0.05) is 43.2 Å². The second kappa shape index (κ2) is 18.3. The maximum absolute atomic E-state index is 11.4. The Bertz CT molecular complexity index is 599. The van der Waals surface area contributed by atoms with E-state index in [1.54, 1.807) is 0 Å². The van der Waals surface area contributed by atoms with Crippen LogP contribution in [0.3, 0.4) is 0 Å². The predicted octanol–water partition coefficient (Wildman–Crippen LogP) is 7.71. The van der Waals surface area contributed by atoms with Crippen molar-refractivity contribution in [2.75, 3.05) is 19.8 Å². The van der Waals surface area contributed by atoms with E-state index >= 15 is 0 Å². The minimum atomic E-state index is -2.00. The summed E-state index contributed by atoms with van der Waals surface area (Å²) in [6.45, 7) is 0.774. The molecular formula is C19H29Cl3I2O4Si2V. The molecule has 0 aliphatic carbocycles. The van der Waals surface area contributed by atoms with E-state index in [1.807, 2.05) is 30.3 Å². The third-order valence-electron chi connectivity index (χ3n) is 4.70. The third kappa shape index (κ3) is 16.3. The molecule has 1 aromatic carbocycles. The molecule has 4 nitrogen and oxygen atoms in total. The summed E-state index contributed by atoms with van der Waals surface area (Å²) in [6.07, 6.45) is 4.94. The number of ether oxygens (including phenoxy) is 2. The summed E-state index contributed by atoms with van der Waals surface area (Å²) in [5.41, 5.74) is 0.974. The first-order valence-electron chi connectivity index (χ1n) is 10.2. The van der Waals surface area contributed by atoms with Gasteiger partial charge in [-0.05, 0) is 42.6 Å². The van der Waals surface area contributed by atoms with Gasteiger partial charge in [-0.3, -0.25) is 0 Å². The van der Waals surface area contributed by atoms with E-state index in [2.05, 4.69) is 40.0 Å². The van der Waals surface area contributed by atoms with Crippen LogP contribution in [-0.2, 0) is 34.8 Å². The molecule has 0 bridgehead atoms. The molecule has 0 aromatic heterocycles. The van der Waals surface area contributed by atoms with Crippen molar-refractivity contribution in [3.63, 3.8) is 0 Å². The molecule has 177 valence electrons. The fraction of sp³-hybridized carbons (Fsp3) is 0.632. The van der Waals surface area contributed by atoms with E-state index in [0.29, 0.717) is 16.1 Å². The van der Waals surface area contributed by atoms with Gasteiger partial charge in [0, 0.05) is 13.2 Å². The van der Waals surface area contributed by atoms with Gasteiger partial charge in [0.15, 0.2) is 0 Å². The molecule has 4 rings (SSSR count). The molecule has 0 atom stereocenters. The Morgan fingerprint density at radius 1 is 0.968 bits per heavy atom. The molecule has 31 heavy (non-hydrogen) atoms. The second-order valence-electron chi connectivity index (χ2n) is 7.26. The Morgan fingerprint density at radius 3 is 1.84 bits per heavy atom. The zero-order chi connectivity index (χ0) is 23.0. The quantitative estimate of drug-likeness (QED) is 0.133. The molecule has 0 N–H and O–H groups in total. The van der Waals surface area contributed by atoms with Gasteiger partial charge < -0.3 is 13.9 Å². The van der Waals surface area contributed by atoms with E-state index in [-0.39, 0.29) is 12.6 Å². The van der Waals surface area contributed by atoms with E-state index < -0.39 is 14.3 Å². The van der Waals surface area contributed by atoms with Gasteiger partial charge in [0.2, 0.25) is 0 Å². The number of esters is 1. The standard InChI is InChI=1S/C12H15ClO3Si.C4H8O.C3H6Cl2Si.2HI.V/c13-17(7-4-8-17)16-10-12(14)15-9-11-5-2-1-3-6-11;1-2-4-5-3-1;4-6(5)2-1-3-6;;;/h1-3,5-6H,4,7-10H2;1-4H2;1-3H2;2*1H;/q;;;;;+2/p-2. The Labute approximate surface area is 231 Å². The van der Waals surface area contributed by atoms with Crippen molar-refractivity contribution >= 4 is 93.5 Å².